The standard InChI is InChI=1S/C25H26N6OS/c1-13-4-7-18-19(8-13)14(2)32-21-9-17(11-27-25(21)26)24-20(10-22-23(18)28-15(3)33-22)29-30-31(24)12-16-5-6-16/h4,7-9,11,14,16H,5-6,10,12H2,1-3H3,(H2,26,27)/t14-/m1/s1. The van der Waals surface area contributed by atoms with Gasteiger partial charge in [-0.25, -0.2) is 14.6 Å². The van der Waals surface area contributed by atoms with Crippen molar-refractivity contribution in [1.82, 2.24) is 25.0 Å². The molecule has 1 saturated carbocycles. The molecule has 0 unspecified atom stereocenters. The smallest absolute Gasteiger partial charge is 0.166 e. The zero-order chi connectivity index (χ0) is 22.7. The van der Waals surface area contributed by atoms with E-state index in [1.165, 1.54) is 23.3 Å². The number of thiazole rings is 1. The van der Waals surface area contributed by atoms with Crippen molar-refractivity contribution >= 4 is 17.2 Å². The first kappa shape index (κ1) is 20.4. The normalized spacial score (nSPS) is 17.2. The molecule has 8 heteroatoms. The number of nitrogens with two attached hydrogens (primary N) is 1. The number of nitrogen functional groups attached to an aromatic ring is 1. The highest BCUT2D eigenvalue weighted by atomic mass is 32.1. The third-order valence-electron chi connectivity index (χ3n) is 6.42. The van der Waals surface area contributed by atoms with Crippen LogP contribution in [0.3, 0.4) is 0 Å². The van der Waals surface area contributed by atoms with Gasteiger partial charge in [0.2, 0.25) is 0 Å². The zero-order valence-electron chi connectivity index (χ0n) is 19.0. The Bertz CT molecular complexity index is 1370. The van der Waals surface area contributed by atoms with Crippen LogP contribution in [0.1, 0.15) is 52.6 Å². The molecule has 7 nitrogen and oxygen atoms in total. The maximum absolute atomic E-state index is 6.42. The van der Waals surface area contributed by atoms with E-state index in [4.69, 9.17) is 15.5 Å². The van der Waals surface area contributed by atoms with Crippen molar-refractivity contribution in [3.8, 4) is 28.3 Å². The Labute approximate surface area is 196 Å². The van der Waals surface area contributed by atoms with E-state index in [-0.39, 0.29) is 6.10 Å². The van der Waals surface area contributed by atoms with E-state index in [9.17, 15) is 0 Å². The second-order valence-electron chi connectivity index (χ2n) is 9.15. The summed E-state index contributed by atoms with van der Waals surface area (Å²) in [6.45, 7) is 7.08. The van der Waals surface area contributed by atoms with Crippen LogP contribution in [0.15, 0.2) is 30.5 Å². The van der Waals surface area contributed by atoms with Crippen molar-refractivity contribution < 1.29 is 4.74 Å². The topological polar surface area (TPSA) is 91.7 Å². The van der Waals surface area contributed by atoms with Crippen LogP contribution in [0.5, 0.6) is 5.75 Å². The van der Waals surface area contributed by atoms with Gasteiger partial charge in [0.05, 0.1) is 22.1 Å². The van der Waals surface area contributed by atoms with Gasteiger partial charge in [0, 0.05) is 40.7 Å². The lowest BCUT2D eigenvalue weighted by Crippen LogP contribution is -2.10. The molecule has 1 atom stereocenters. The number of pyridine rings is 1. The van der Waals surface area contributed by atoms with Crippen molar-refractivity contribution in [3.63, 3.8) is 0 Å². The number of aromatic nitrogens is 5. The predicted octanol–water partition coefficient (Wildman–Crippen LogP) is 5.12. The van der Waals surface area contributed by atoms with Gasteiger partial charge in [-0.3, -0.25) is 0 Å². The van der Waals surface area contributed by atoms with Crippen molar-refractivity contribution in [1.29, 1.82) is 0 Å². The van der Waals surface area contributed by atoms with E-state index in [0.29, 0.717) is 23.9 Å². The molecule has 2 bridgehead atoms. The van der Waals surface area contributed by atoms with Crippen molar-refractivity contribution in [2.75, 3.05) is 5.73 Å². The summed E-state index contributed by atoms with van der Waals surface area (Å²) in [4.78, 5) is 10.6. The number of rotatable bonds is 2. The number of fused-ring (bicyclic) bond motifs is 7. The van der Waals surface area contributed by atoms with Crippen LogP contribution in [-0.4, -0.2) is 25.0 Å². The molecule has 0 saturated heterocycles. The summed E-state index contributed by atoms with van der Waals surface area (Å²) in [6.07, 6.45) is 4.75. The van der Waals surface area contributed by atoms with Gasteiger partial charge in [-0.2, -0.15) is 0 Å². The maximum atomic E-state index is 6.42. The van der Waals surface area contributed by atoms with E-state index < -0.39 is 0 Å². The molecule has 4 heterocycles. The summed E-state index contributed by atoms with van der Waals surface area (Å²) < 4.78 is 8.46. The van der Waals surface area contributed by atoms with Gasteiger partial charge >= 0.3 is 0 Å². The van der Waals surface area contributed by atoms with Crippen LogP contribution in [0, 0.1) is 19.8 Å². The fourth-order valence-corrected chi connectivity index (χ4v) is 5.53. The third-order valence-corrected chi connectivity index (χ3v) is 7.40. The van der Waals surface area contributed by atoms with Crippen molar-refractivity contribution in [2.45, 2.75) is 52.7 Å². The monoisotopic (exact) mass is 458 g/mol. The highest BCUT2D eigenvalue weighted by Gasteiger charge is 2.28. The molecule has 1 aliphatic carbocycles. The van der Waals surface area contributed by atoms with Crippen LogP contribution >= 0.6 is 11.3 Å². The quantitative estimate of drug-likeness (QED) is 0.448. The summed E-state index contributed by atoms with van der Waals surface area (Å²) >= 11 is 1.72. The maximum Gasteiger partial charge on any atom is 0.166 e. The van der Waals surface area contributed by atoms with Crippen molar-refractivity contribution in [2.24, 2.45) is 5.92 Å². The second kappa shape index (κ2) is 7.66. The fourth-order valence-electron chi connectivity index (χ4n) is 4.58. The zero-order valence-corrected chi connectivity index (χ0v) is 19.8. The summed E-state index contributed by atoms with van der Waals surface area (Å²) in [5.74, 6) is 1.63. The van der Waals surface area contributed by atoms with E-state index in [1.54, 1.807) is 17.5 Å². The lowest BCUT2D eigenvalue weighted by Gasteiger charge is -2.21. The molecular formula is C25H26N6OS. The Morgan fingerprint density at radius 1 is 1.21 bits per heavy atom. The SMILES string of the molecule is Cc1ccc2c(c1)[C@@H](C)Oc1cc(cnc1N)-c1c(nnn1CC1CC1)Cc1sc(C)nc1-2. The molecule has 3 aromatic heterocycles. The molecule has 1 aliphatic heterocycles. The summed E-state index contributed by atoms with van der Waals surface area (Å²) in [7, 11) is 0. The largest absolute Gasteiger partial charge is 0.482 e. The number of hydrogen-bond acceptors (Lipinski definition) is 7. The molecule has 2 aliphatic rings. The predicted molar refractivity (Wildman–Crippen MR) is 129 cm³/mol. The fraction of sp³-hybridized carbons (Fsp3) is 0.360. The Morgan fingerprint density at radius 2 is 2.06 bits per heavy atom. The Morgan fingerprint density at radius 3 is 2.88 bits per heavy atom. The number of nitrogens with zero attached hydrogens (tertiary/aromatic N) is 5. The third kappa shape index (κ3) is 3.68. The molecule has 1 fully saturated rings. The van der Waals surface area contributed by atoms with Gasteiger partial charge < -0.3 is 10.5 Å². The first-order valence-corrected chi connectivity index (χ1v) is 12.2. The minimum atomic E-state index is -0.220. The van der Waals surface area contributed by atoms with Crippen LogP contribution in [0.25, 0.3) is 22.5 Å². The number of anilines is 1. The highest BCUT2D eigenvalue weighted by molar-refractivity contribution is 7.12. The van der Waals surface area contributed by atoms with Gasteiger partial charge in [-0.15, -0.1) is 16.4 Å². The van der Waals surface area contributed by atoms with Gasteiger partial charge in [0.15, 0.2) is 11.6 Å². The van der Waals surface area contributed by atoms with E-state index in [0.717, 1.165) is 45.3 Å². The number of ether oxygens (including phenoxy) is 1. The van der Waals surface area contributed by atoms with Gasteiger partial charge in [0.1, 0.15) is 6.10 Å². The Kier molecular flexibility index (Phi) is 4.72. The summed E-state index contributed by atoms with van der Waals surface area (Å²) in [6, 6.07) is 8.44. The molecule has 6 rings (SSSR count). The molecule has 168 valence electrons. The molecule has 33 heavy (non-hydrogen) atoms. The molecular weight excluding hydrogens is 432 g/mol. The van der Waals surface area contributed by atoms with E-state index >= 15 is 0 Å². The number of hydrogen-bond donors (Lipinski definition) is 1. The summed E-state index contributed by atoms with van der Waals surface area (Å²) in [5, 5.41) is 10.2. The van der Waals surface area contributed by atoms with Gasteiger partial charge in [0.25, 0.3) is 0 Å². The van der Waals surface area contributed by atoms with E-state index in [1.807, 2.05) is 10.7 Å². The molecule has 1 aromatic carbocycles. The lowest BCUT2D eigenvalue weighted by molar-refractivity contribution is 0.228. The van der Waals surface area contributed by atoms with Crippen LogP contribution in [0.2, 0.25) is 0 Å². The van der Waals surface area contributed by atoms with Crippen LogP contribution in [0.4, 0.5) is 5.82 Å². The molecule has 0 radical (unpaired) electrons. The van der Waals surface area contributed by atoms with Crippen molar-refractivity contribution in [3.05, 3.63) is 57.2 Å². The number of benzene rings is 1. The first-order valence-electron chi connectivity index (χ1n) is 11.4. The van der Waals surface area contributed by atoms with Crippen LogP contribution < -0.4 is 10.5 Å². The average Bonchev–Trinajstić information content (AvgIpc) is 3.41. The lowest BCUT2D eigenvalue weighted by atomic mass is 9.96. The molecule has 4 aromatic rings. The molecule has 0 amide bonds. The molecule has 0 spiro atoms. The minimum Gasteiger partial charge on any atom is -0.482 e. The number of aryl methyl sites for hydroxylation is 2. The van der Waals surface area contributed by atoms with Gasteiger partial charge in [-0.05, 0) is 45.6 Å². The van der Waals surface area contributed by atoms with Gasteiger partial charge in [-0.1, -0.05) is 29.0 Å². The second-order valence-corrected chi connectivity index (χ2v) is 10.4. The van der Waals surface area contributed by atoms with Crippen LogP contribution in [-0.2, 0) is 13.0 Å². The molecule has 2 N–H and O–H groups in total. The highest BCUT2D eigenvalue weighted by Crippen LogP contribution is 2.40. The Balaban J connectivity index is 1.60. The minimum absolute atomic E-state index is 0.220. The first-order chi connectivity index (χ1) is 16.0. The summed E-state index contributed by atoms with van der Waals surface area (Å²) in [5.41, 5.74) is 13.5. The Hall–Kier alpha value is -3.26. The van der Waals surface area contributed by atoms with E-state index in [2.05, 4.69) is 54.3 Å². The average molecular weight is 459 g/mol.